The smallest absolute Gasteiger partial charge is 0.368 e. The summed E-state index contributed by atoms with van der Waals surface area (Å²) in [7, 11) is 0. The molecule has 3 atom stereocenters. The van der Waals surface area contributed by atoms with Crippen molar-refractivity contribution in [1.82, 2.24) is 0 Å². The Kier molecular flexibility index (Phi) is 19.3. The number of aldehydes is 1. The van der Waals surface area contributed by atoms with Gasteiger partial charge in [-0.1, -0.05) is 79.1 Å². The van der Waals surface area contributed by atoms with Gasteiger partial charge in [-0.15, -0.1) is 0 Å². The van der Waals surface area contributed by atoms with Crippen molar-refractivity contribution in [1.29, 1.82) is 0 Å². The Hall–Kier alpha value is -1.56. The molecule has 0 aliphatic rings. The Morgan fingerprint density at radius 1 is 0.844 bits per heavy atom. The summed E-state index contributed by atoms with van der Waals surface area (Å²) in [4.78, 5) is 40.5. The van der Waals surface area contributed by atoms with Crippen molar-refractivity contribution in [2.75, 3.05) is 0 Å². The Bertz CT molecular complexity index is 538. The van der Waals surface area contributed by atoms with Gasteiger partial charge in [-0.2, -0.15) is 0 Å². The maximum absolute atomic E-state index is 11.6. The largest absolute Gasteiger partial charge is 0.476 e. The lowest BCUT2D eigenvalue weighted by Gasteiger charge is -2.23. The molecule has 0 aliphatic carbocycles. The molecule has 188 valence electrons. The first kappa shape index (κ1) is 32.6. The minimum atomic E-state index is -1.43. The number of aliphatic hydroxyl groups is 1. The summed E-state index contributed by atoms with van der Waals surface area (Å²) in [5, 5.41) is 17.8. The predicted octanol–water partition coefficient (Wildman–Crippen LogP) is 5.77. The fourth-order valence-corrected chi connectivity index (χ4v) is 3.71. The van der Waals surface area contributed by atoms with E-state index in [2.05, 4.69) is 27.7 Å². The van der Waals surface area contributed by atoms with E-state index in [1.54, 1.807) is 0 Å². The van der Waals surface area contributed by atoms with Crippen molar-refractivity contribution >= 4 is 23.8 Å². The fraction of sp³-hybridized carbons (Fsp3) is 0.846. The normalized spacial score (nSPS) is 14.6. The summed E-state index contributed by atoms with van der Waals surface area (Å²) in [6, 6.07) is 0. The Balaban J connectivity index is 0. The molecule has 0 rings (SSSR count). The topological polar surface area (TPSA) is 109 Å². The third-order valence-corrected chi connectivity index (χ3v) is 5.77. The third kappa shape index (κ3) is 24.7. The van der Waals surface area contributed by atoms with E-state index in [1.807, 2.05) is 6.92 Å². The van der Waals surface area contributed by atoms with E-state index in [9.17, 15) is 14.7 Å². The molecule has 0 aromatic rings. The van der Waals surface area contributed by atoms with Crippen molar-refractivity contribution in [3.8, 4) is 0 Å². The number of carbonyl (C=O) groups is 4. The summed E-state index contributed by atoms with van der Waals surface area (Å²) in [5.74, 6) is 0.778. The van der Waals surface area contributed by atoms with E-state index in [-0.39, 0.29) is 24.3 Å². The molecule has 0 aliphatic heterocycles. The number of aliphatic carboxylic acids is 1. The van der Waals surface area contributed by atoms with Crippen LogP contribution >= 0.6 is 0 Å². The maximum Gasteiger partial charge on any atom is 0.368 e. The molecular weight excluding hydrogens is 408 g/mol. The van der Waals surface area contributed by atoms with Crippen LogP contribution in [-0.4, -0.2) is 39.6 Å². The molecule has 0 spiro atoms. The summed E-state index contributed by atoms with van der Waals surface area (Å²) < 4.78 is 0. The third-order valence-electron chi connectivity index (χ3n) is 5.77. The first-order chi connectivity index (χ1) is 14.8. The van der Waals surface area contributed by atoms with E-state index < -0.39 is 11.6 Å². The van der Waals surface area contributed by atoms with Crippen LogP contribution in [0.3, 0.4) is 0 Å². The van der Waals surface area contributed by atoms with Gasteiger partial charge < -0.3 is 10.2 Å². The number of carboxylic acids is 1. The van der Waals surface area contributed by atoms with Gasteiger partial charge in [-0.3, -0.25) is 14.4 Å². The van der Waals surface area contributed by atoms with Crippen LogP contribution in [0.1, 0.15) is 119 Å². The quantitative estimate of drug-likeness (QED) is 0.154. The number of rotatable bonds is 18. The van der Waals surface area contributed by atoms with Crippen LogP contribution in [0.25, 0.3) is 0 Å². The van der Waals surface area contributed by atoms with Gasteiger partial charge in [0.25, 0.3) is 0 Å². The average molecular weight is 457 g/mol. The lowest BCUT2D eigenvalue weighted by atomic mass is 9.88. The molecule has 6 nitrogen and oxygen atoms in total. The van der Waals surface area contributed by atoms with Crippen molar-refractivity contribution in [2.24, 2.45) is 17.8 Å². The van der Waals surface area contributed by atoms with Gasteiger partial charge in [0.15, 0.2) is 0 Å². The lowest BCUT2D eigenvalue weighted by Crippen LogP contribution is -2.25. The molecule has 0 saturated heterocycles. The second-order valence-electron chi connectivity index (χ2n) is 10.2. The van der Waals surface area contributed by atoms with E-state index in [4.69, 9.17) is 14.7 Å². The minimum absolute atomic E-state index is 0.00298. The minimum Gasteiger partial charge on any atom is -0.476 e. The summed E-state index contributed by atoms with van der Waals surface area (Å²) in [6.45, 7) is 12.5. The molecular formula is C26H48O6. The molecule has 3 unspecified atom stereocenters. The van der Waals surface area contributed by atoms with Gasteiger partial charge in [0.1, 0.15) is 11.6 Å². The molecule has 0 amide bonds. The first-order valence-corrected chi connectivity index (χ1v) is 12.2. The number of hydrogen-bond acceptors (Lipinski definition) is 5. The monoisotopic (exact) mass is 456 g/mol. The lowest BCUT2D eigenvalue weighted by molar-refractivity contribution is -0.143. The van der Waals surface area contributed by atoms with Gasteiger partial charge >= 0.3 is 5.97 Å². The summed E-state index contributed by atoms with van der Waals surface area (Å²) >= 11 is 0. The molecule has 6 heteroatoms. The highest BCUT2D eigenvalue weighted by molar-refractivity contribution is 6.19. The first-order valence-electron chi connectivity index (χ1n) is 12.2. The van der Waals surface area contributed by atoms with Gasteiger partial charge in [0.05, 0.1) is 12.0 Å². The molecule has 0 bridgehead atoms. The fourth-order valence-electron chi connectivity index (χ4n) is 3.71. The molecule has 2 N–H and O–H groups in total. The molecule has 0 saturated carbocycles. The van der Waals surface area contributed by atoms with Crippen LogP contribution in [-0.2, 0) is 19.2 Å². The molecule has 32 heavy (non-hydrogen) atoms. The van der Waals surface area contributed by atoms with Crippen molar-refractivity contribution in [3.63, 3.8) is 0 Å². The molecule has 0 fully saturated rings. The summed E-state index contributed by atoms with van der Waals surface area (Å²) in [5.41, 5.74) is -0.795. The van der Waals surface area contributed by atoms with Gasteiger partial charge in [0.2, 0.25) is 6.29 Å². The van der Waals surface area contributed by atoms with Crippen molar-refractivity contribution < 1.29 is 29.4 Å². The number of hydrogen-bond donors (Lipinski definition) is 2. The van der Waals surface area contributed by atoms with Crippen molar-refractivity contribution in [3.05, 3.63) is 0 Å². The second kappa shape index (κ2) is 19.0. The number of ketones is 2. The molecule has 0 heterocycles. The molecule has 0 aromatic heterocycles. The van der Waals surface area contributed by atoms with E-state index in [0.29, 0.717) is 18.8 Å². The number of carbonyl (C=O) groups excluding carboxylic acids is 3. The van der Waals surface area contributed by atoms with Crippen LogP contribution in [0.2, 0.25) is 0 Å². The van der Waals surface area contributed by atoms with Crippen LogP contribution in [0.5, 0.6) is 0 Å². The Morgan fingerprint density at radius 2 is 1.28 bits per heavy atom. The summed E-state index contributed by atoms with van der Waals surface area (Å²) in [6.07, 6.45) is 11.4. The Labute approximate surface area is 195 Å². The van der Waals surface area contributed by atoms with E-state index in [0.717, 1.165) is 31.1 Å². The van der Waals surface area contributed by atoms with Gasteiger partial charge in [0, 0.05) is 6.42 Å². The second-order valence-corrected chi connectivity index (χ2v) is 10.2. The Morgan fingerprint density at radius 3 is 1.69 bits per heavy atom. The van der Waals surface area contributed by atoms with Crippen LogP contribution in [0.15, 0.2) is 0 Å². The zero-order chi connectivity index (χ0) is 25.2. The van der Waals surface area contributed by atoms with Crippen molar-refractivity contribution in [2.45, 2.75) is 124 Å². The molecule has 0 radical (unpaired) electrons. The highest BCUT2D eigenvalue weighted by Gasteiger charge is 2.21. The van der Waals surface area contributed by atoms with E-state index in [1.165, 1.54) is 45.4 Å². The average Bonchev–Trinajstić information content (AvgIpc) is 2.66. The molecule has 0 aromatic carbocycles. The van der Waals surface area contributed by atoms with Gasteiger partial charge in [-0.05, 0) is 44.4 Å². The van der Waals surface area contributed by atoms with Gasteiger partial charge in [-0.25, -0.2) is 4.79 Å². The van der Waals surface area contributed by atoms with E-state index >= 15 is 0 Å². The highest BCUT2D eigenvalue weighted by atomic mass is 16.4. The van der Waals surface area contributed by atoms with Crippen LogP contribution in [0, 0.1) is 17.8 Å². The number of Topliss-reactive ketones (excluding diaryl/α,β-unsaturated/α-hetero) is 2. The van der Waals surface area contributed by atoms with Crippen LogP contribution < -0.4 is 0 Å². The zero-order valence-electron chi connectivity index (χ0n) is 21.3. The predicted molar refractivity (Wildman–Crippen MR) is 129 cm³/mol. The SMILES string of the molecule is CC(=O)CC(=O)CCC(C)(O)CCCC(C)CCCC(C)CCCC(C)C.O=CC(=O)O. The maximum atomic E-state index is 11.6. The zero-order valence-corrected chi connectivity index (χ0v) is 21.3. The van der Waals surface area contributed by atoms with Crippen LogP contribution in [0.4, 0.5) is 0 Å². The highest BCUT2D eigenvalue weighted by Crippen LogP contribution is 2.25. The standard InChI is InChI=1S/C24H46O3.C2H2O3/c1-19(2)10-7-11-20(3)12-8-13-21(4)14-9-16-24(6,27)17-15-23(26)18-22(5)25;3-1-2(4)5/h19-21,27H,7-18H2,1-6H3;1H,(H,4,5). The number of carboxylic acid groups (broad SMARTS) is 1.